The van der Waals surface area contributed by atoms with E-state index in [1.165, 1.54) is 0 Å². The van der Waals surface area contributed by atoms with Crippen LogP contribution in [-0.2, 0) is 0 Å². The third-order valence-electron chi connectivity index (χ3n) is 3.73. The number of para-hydroxylation sites is 1. The van der Waals surface area contributed by atoms with Crippen molar-refractivity contribution in [1.29, 1.82) is 0 Å². The molecule has 0 amide bonds. The summed E-state index contributed by atoms with van der Waals surface area (Å²) >= 11 is 6.21. The topological polar surface area (TPSA) is 42.1 Å². The summed E-state index contributed by atoms with van der Waals surface area (Å²) < 4.78 is 13.5. The highest BCUT2D eigenvalue weighted by Crippen LogP contribution is 2.32. The van der Waals surface area contributed by atoms with Crippen molar-refractivity contribution in [2.75, 3.05) is 18.0 Å². The van der Waals surface area contributed by atoms with Crippen LogP contribution >= 0.6 is 11.6 Å². The molecule has 2 N–H and O–H groups in total. The number of nitrogens with two attached hydrogens (primary N) is 1. The lowest BCUT2D eigenvalue weighted by molar-refractivity contribution is 0.364. The Labute approximate surface area is 122 Å². The zero-order valence-corrected chi connectivity index (χ0v) is 12.1. The van der Waals surface area contributed by atoms with Crippen molar-refractivity contribution in [2.45, 2.75) is 25.6 Å². The average Bonchev–Trinajstić information content (AvgIpc) is 2.84. The standard InChI is InChI=1S/C15H17ClFN3/c1-9(18)12-7-10-3-2-4-13(16)14(10)19-15(12)20-6-5-11(17)8-20/h2-4,7,9,11H,5-6,8,18H2,1H3/t9-,11?/m0/s1. The van der Waals surface area contributed by atoms with Crippen molar-refractivity contribution in [3.05, 3.63) is 34.9 Å². The molecule has 2 aromatic rings. The molecule has 0 saturated carbocycles. The van der Waals surface area contributed by atoms with Crippen LogP contribution in [0.3, 0.4) is 0 Å². The molecule has 1 aromatic carbocycles. The number of halogens is 2. The first-order valence-corrected chi connectivity index (χ1v) is 7.18. The molecule has 1 unspecified atom stereocenters. The molecule has 5 heteroatoms. The molecule has 20 heavy (non-hydrogen) atoms. The Morgan fingerprint density at radius 2 is 2.30 bits per heavy atom. The molecule has 1 fully saturated rings. The van der Waals surface area contributed by atoms with E-state index in [-0.39, 0.29) is 6.04 Å². The van der Waals surface area contributed by atoms with Gasteiger partial charge in [-0.2, -0.15) is 0 Å². The summed E-state index contributed by atoms with van der Waals surface area (Å²) in [5, 5.41) is 1.57. The number of nitrogens with zero attached hydrogens (tertiary/aromatic N) is 2. The highest BCUT2D eigenvalue weighted by Gasteiger charge is 2.26. The first-order chi connectivity index (χ1) is 9.56. The number of anilines is 1. The second-order valence-corrected chi connectivity index (χ2v) is 5.74. The first-order valence-electron chi connectivity index (χ1n) is 6.80. The van der Waals surface area contributed by atoms with Gasteiger partial charge >= 0.3 is 0 Å². The van der Waals surface area contributed by atoms with E-state index in [0.29, 0.717) is 24.5 Å². The van der Waals surface area contributed by atoms with Crippen LogP contribution in [-0.4, -0.2) is 24.2 Å². The quantitative estimate of drug-likeness (QED) is 0.922. The molecule has 2 atom stereocenters. The van der Waals surface area contributed by atoms with Gasteiger partial charge in [0, 0.05) is 23.5 Å². The Morgan fingerprint density at radius 3 is 2.95 bits per heavy atom. The highest BCUT2D eigenvalue weighted by molar-refractivity contribution is 6.35. The van der Waals surface area contributed by atoms with Crippen LogP contribution in [0.5, 0.6) is 0 Å². The smallest absolute Gasteiger partial charge is 0.134 e. The normalized spacial score (nSPS) is 20.6. The third-order valence-corrected chi connectivity index (χ3v) is 4.03. The monoisotopic (exact) mass is 293 g/mol. The number of hydrogen-bond donors (Lipinski definition) is 1. The van der Waals surface area contributed by atoms with Gasteiger partial charge in [0.05, 0.1) is 17.1 Å². The molecule has 0 aliphatic carbocycles. The molecule has 0 spiro atoms. The minimum absolute atomic E-state index is 0.153. The molecule has 1 saturated heterocycles. The van der Waals surface area contributed by atoms with Crippen LogP contribution < -0.4 is 10.6 Å². The molecule has 0 radical (unpaired) electrons. The lowest BCUT2D eigenvalue weighted by atomic mass is 10.1. The van der Waals surface area contributed by atoms with Gasteiger partial charge in [-0.1, -0.05) is 23.7 Å². The minimum atomic E-state index is -0.792. The summed E-state index contributed by atoms with van der Waals surface area (Å²) in [5.74, 6) is 0.765. The van der Waals surface area contributed by atoms with Crippen molar-refractivity contribution >= 4 is 28.3 Å². The van der Waals surface area contributed by atoms with Crippen LogP contribution in [0.25, 0.3) is 10.9 Å². The lowest BCUT2D eigenvalue weighted by Crippen LogP contribution is -2.24. The molecule has 3 rings (SSSR count). The first kappa shape index (κ1) is 13.6. The zero-order chi connectivity index (χ0) is 14.3. The maximum Gasteiger partial charge on any atom is 0.134 e. The highest BCUT2D eigenvalue weighted by atomic mass is 35.5. The van der Waals surface area contributed by atoms with E-state index in [1.807, 2.05) is 36.1 Å². The molecule has 106 valence electrons. The van der Waals surface area contributed by atoms with Gasteiger partial charge in [-0.3, -0.25) is 0 Å². The summed E-state index contributed by atoms with van der Waals surface area (Å²) in [6.45, 7) is 2.96. The summed E-state index contributed by atoms with van der Waals surface area (Å²) in [6.07, 6.45) is -0.250. The molecule has 1 aliphatic rings. The molecule has 3 nitrogen and oxygen atoms in total. The molecule has 2 heterocycles. The largest absolute Gasteiger partial charge is 0.353 e. The summed E-state index contributed by atoms with van der Waals surface area (Å²) in [5.41, 5.74) is 7.74. The average molecular weight is 294 g/mol. The van der Waals surface area contributed by atoms with E-state index in [4.69, 9.17) is 17.3 Å². The number of aromatic nitrogens is 1. The zero-order valence-electron chi connectivity index (χ0n) is 11.3. The van der Waals surface area contributed by atoms with Crippen LogP contribution in [0.2, 0.25) is 5.02 Å². The van der Waals surface area contributed by atoms with Gasteiger partial charge in [0.25, 0.3) is 0 Å². The second kappa shape index (κ2) is 5.19. The van der Waals surface area contributed by atoms with E-state index < -0.39 is 6.17 Å². The molecular formula is C15H17ClFN3. The van der Waals surface area contributed by atoms with Gasteiger partial charge in [0.1, 0.15) is 12.0 Å². The maximum absolute atomic E-state index is 13.5. The van der Waals surface area contributed by atoms with E-state index >= 15 is 0 Å². The van der Waals surface area contributed by atoms with Gasteiger partial charge in [-0.15, -0.1) is 0 Å². The molecule has 1 aromatic heterocycles. The van der Waals surface area contributed by atoms with E-state index in [0.717, 1.165) is 22.3 Å². The Balaban J connectivity index is 2.17. The molecular weight excluding hydrogens is 277 g/mol. The number of pyridine rings is 1. The Morgan fingerprint density at radius 1 is 1.50 bits per heavy atom. The summed E-state index contributed by atoms with van der Waals surface area (Å²) in [4.78, 5) is 6.62. The van der Waals surface area contributed by atoms with Crippen LogP contribution in [0.4, 0.5) is 10.2 Å². The number of benzene rings is 1. The van der Waals surface area contributed by atoms with Crippen molar-refractivity contribution in [2.24, 2.45) is 5.73 Å². The SMILES string of the molecule is C[C@H](N)c1cc2cccc(Cl)c2nc1N1CCC(F)C1. The maximum atomic E-state index is 13.5. The van der Waals surface area contributed by atoms with Crippen molar-refractivity contribution < 1.29 is 4.39 Å². The Bertz CT molecular complexity index is 644. The second-order valence-electron chi connectivity index (χ2n) is 5.33. The van der Waals surface area contributed by atoms with Gasteiger partial charge < -0.3 is 10.6 Å². The van der Waals surface area contributed by atoms with Gasteiger partial charge in [0.2, 0.25) is 0 Å². The lowest BCUT2D eigenvalue weighted by Gasteiger charge is -2.22. The number of rotatable bonds is 2. The third kappa shape index (κ3) is 2.34. The van der Waals surface area contributed by atoms with Crippen molar-refractivity contribution in [1.82, 2.24) is 4.98 Å². The fourth-order valence-electron chi connectivity index (χ4n) is 2.67. The van der Waals surface area contributed by atoms with Crippen LogP contribution in [0.1, 0.15) is 24.9 Å². The summed E-state index contributed by atoms with van der Waals surface area (Å²) in [6, 6.07) is 7.53. The van der Waals surface area contributed by atoms with Crippen LogP contribution in [0, 0.1) is 0 Å². The van der Waals surface area contributed by atoms with Crippen molar-refractivity contribution in [3.8, 4) is 0 Å². The predicted octanol–water partition coefficient (Wildman–Crippen LogP) is 3.46. The van der Waals surface area contributed by atoms with Crippen LogP contribution in [0.15, 0.2) is 24.3 Å². The Hall–Kier alpha value is -1.39. The Kier molecular flexibility index (Phi) is 3.52. The number of hydrogen-bond acceptors (Lipinski definition) is 3. The van der Waals surface area contributed by atoms with E-state index in [9.17, 15) is 4.39 Å². The van der Waals surface area contributed by atoms with Gasteiger partial charge in [-0.25, -0.2) is 9.37 Å². The van der Waals surface area contributed by atoms with E-state index in [1.54, 1.807) is 0 Å². The molecule has 0 bridgehead atoms. The van der Waals surface area contributed by atoms with Crippen molar-refractivity contribution in [3.63, 3.8) is 0 Å². The van der Waals surface area contributed by atoms with Gasteiger partial charge in [-0.05, 0) is 25.5 Å². The minimum Gasteiger partial charge on any atom is -0.353 e. The fraction of sp³-hybridized carbons (Fsp3) is 0.400. The van der Waals surface area contributed by atoms with E-state index in [2.05, 4.69) is 4.98 Å². The summed E-state index contributed by atoms with van der Waals surface area (Å²) in [7, 11) is 0. The number of alkyl halides is 1. The molecule has 1 aliphatic heterocycles. The predicted molar refractivity (Wildman–Crippen MR) is 81.1 cm³/mol. The fourth-order valence-corrected chi connectivity index (χ4v) is 2.89. The number of fused-ring (bicyclic) bond motifs is 1. The van der Waals surface area contributed by atoms with Gasteiger partial charge in [0.15, 0.2) is 0 Å².